The Labute approximate surface area is 139 Å². The molecule has 128 valence electrons. The van der Waals surface area contributed by atoms with Crippen molar-refractivity contribution in [1.82, 2.24) is 0 Å². The summed E-state index contributed by atoms with van der Waals surface area (Å²) in [6, 6.07) is 0.721. The largest absolute Gasteiger partial charge is 0.478 e. The molecular formula is C19H30N2O2. The summed E-state index contributed by atoms with van der Waals surface area (Å²) in [5.41, 5.74) is -0.319. The van der Waals surface area contributed by atoms with E-state index in [0.29, 0.717) is 12.1 Å². The summed E-state index contributed by atoms with van der Waals surface area (Å²) < 4.78 is 12.0. The smallest absolute Gasteiger partial charge is 0.199 e. The standard InChI is InChI=1S/C19H30N2O2/c1-19(2,17-20-15(11-22-17)13-7-3-4-8-13)18-21-16(12-23-18)14-9-5-6-10-14/h13-16H,3-12H2,1-2H3/t15-,16-/m0/s1. The Hall–Kier alpha value is -1.06. The second-order valence-electron chi connectivity index (χ2n) is 8.34. The van der Waals surface area contributed by atoms with Gasteiger partial charge in [-0.25, -0.2) is 9.98 Å². The molecule has 2 atom stereocenters. The molecule has 0 aromatic heterocycles. The molecular weight excluding hydrogens is 288 g/mol. The second-order valence-corrected chi connectivity index (χ2v) is 8.34. The molecule has 0 spiro atoms. The maximum absolute atomic E-state index is 6.01. The minimum Gasteiger partial charge on any atom is -0.478 e. The second kappa shape index (κ2) is 6.10. The van der Waals surface area contributed by atoms with Crippen LogP contribution in [-0.2, 0) is 9.47 Å². The molecule has 4 nitrogen and oxygen atoms in total. The van der Waals surface area contributed by atoms with Gasteiger partial charge in [-0.05, 0) is 51.4 Å². The van der Waals surface area contributed by atoms with E-state index >= 15 is 0 Å². The van der Waals surface area contributed by atoms with Crippen molar-refractivity contribution in [1.29, 1.82) is 0 Å². The molecule has 0 unspecified atom stereocenters. The third-order valence-corrected chi connectivity index (χ3v) is 6.31. The molecule has 4 heteroatoms. The van der Waals surface area contributed by atoms with E-state index in [4.69, 9.17) is 19.5 Å². The fourth-order valence-corrected chi connectivity index (χ4v) is 4.72. The lowest BCUT2D eigenvalue weighted by Crippen LogP contribution is -2.34. The molecule has 4 aliphatic rings. The molecule has 2 aliphatic heterocycles. The Kier molecular flexibility index (Phi) is 4.10. The summed E-state index contributed by atoms with van der Waals surface area (Å²) in [6.07, 6.45) is 10.7. The average molecular weight is 318 g/mol. The van der Waals surface area contributed by atoms with E-state index in [1.165, 1.54) is 51.4 Å². The third kappa shape index (κ3) is 2.89. The molecule has 0 aromatic carbocycles. The van der Waals surface area contributed by atoms with Crippen molar-refractivity contribution in [3.05, 3.63) is 0 Å². The summed E-state index contributed by atoms with van der Waals surface area (Å²) in [6.45, 7) is 5.81. The van der Waals surface area contributed by atoms with Gasteiger partial charge in [0, 0.05) is 0 Å². The molecule has 4 rings (SSSR count). The molecule has 0 saturated heterocycles. The SMILES string of the molecule is CC(C)(C1=N[C@H](C2CCCC2)CO1)C1=N[C@H](C2CCCC2)CO1. The minimum atomic E-state index is -0.319. The van der Waals surface area contributed by atoms with E-state index < -0.39 is 0 Å². The lowest BCUT2D eigenvalue weighted by molar-refractivity contribution is 0.242. The van der Waals surface area contributed by atoms with Crippen molar-refractivity contribution >= 4 is 11.8 Å². The monoisotopic (exact) mass is 318 g/mol. The van der Waals surface area contributed by atoms with E-state index in [9.17, 15) is 0 Å². The van der Waals surface area contributed by atoms with Crippen LogP contribution in [0.2, 0.25) is 0 Å². The molecule has 2 saturated carbocycles. The number of rotatable bonds is 4. The highest BCUT2D eigenvalue weighted by Gasteiger charge is 2.43. The first kappa shape index (κ1) is 15.5. The number of ether oxygens (including phenoxy) is 2. The summed E-state index contributed by atoms with van der Waals surface area (Å²) in [5.74, 6) is 3.14. The topological polar surface area (TPSA) is 43.2 Å². The maximum atomic E-state index is 6.01. The van der Waals surface area contributed by atoms with Gasteiger partial charge in [0.1, 0.15) is 18.6 Å². The highest BCUT2D eigenvalue weighted by atomic mass is 16.5. The quantitative estimate of drug-likeness (QED) is 0.786. The molecule has 2 heterocycles. The van der Waals surface area contributed by atoms with Gasteiger partial charge in [-0.2, -0.15) is 0 Å². The predicted octanol–water partition coefficient (Wildman–Crippen LogP) is 3.99. The fourth-order valence-electron chi connectivity index (χ4n) is 4.72. The van der Waals surface area contributed by atoms with Gasteiger partial charge in [0.2, 0.25) is 0 Å². The van der Waals surface area contributed by atoms with Crippen molar-refractivity contribution in [2.75, 3.05) is 13.2 Å². The van der Waals surface area contributed by atoms with Gasteiger partial charge in [0.15, 0.2) is 11.8 Å². The van der Waals surface area contributed by atoms with E-state index in [0.717, 1.165) is 36.8 Å². The van der Waals surface area contributed by atoms with Crippen LogP contribution in [0, 0.1) is 17.3 Å². The Bertz CT molecular complexity index is 455. The number of hydrogen-bond donors (Lipinski definition) is 0. The lowest BCUT2D eigenvalue weighted by Gasteiger charge is -2.22. The Balaban J connectivity index is 1.46. The summed E-state index contributed by atoms with van der Waals surface area (Å²) >= 11 is 0. The molecule has 2 fully saturated rings. The maximum Gasteiger partial charge on any atom is 0.199 e. The van der Waals surface area contributed by atoms with Crippen LogP contribution in [0.4, 0.5) is 0 Å². The van der Waals surface area contributed by atoms with Crippen molar-refractivity contribution in [3.63, 3.8) is 0 Å². The predicted molar refractivity (Wildman–Crippen MR) is 92.0 cm³/mol. The first-order valence-electron chi connectivity index (χ1n) is 9.57. The van der Waals surface area contributed by atoms with Crippen LogP contribution in [0.5, 0.6) is 0 Å². The van der Waals surface area contributed by atoms with Gasteiger partial charge >= 0.3 is 0 Å². The van der Waals surface area contributed by atoms with Crippen LogP contribution < -0.4 is 0 Å². The molecule has 0 bridgehead atoms. The molecule has 0 radical (unpaired) electrons. The van der Waals surface area contributed by atoms with Crippen LogP contribution in [0.25, 0.3) is 0 Å². The van der Waals surface area contributed by atoms with Crippen molar-refractivity contribution in [3.8, 4) is 0 Å². The molecule has 0 amide bonds. The molecule has 23 heavy (non-hydrogen) atoms. The fraction of sp³-hybridized carbons (Fsp3) is 0.895. The lowest BCUT2D eigenvalue weighted by atomic mass is 9.92. The van der Waals surface area contributed by atoms with Gasteiger partial charge in [-0.3, -0.25) is 0 Å². The van der Waals surface area contributed by atoms with E-state index in [-0.39, 0.29) is 5.41 Å². The van der Waals surface area contributed by atoms with Crippen LogP contribution in [-0.4, -0.2) is 37.1 Å². The zero-order chi connectivity index (χ0) is 15.9. The van der Waals surface area contributed by atoms with Crippen molar-refractivity contribution in [2.45, 2.75) is 77.3 Å². The third-order valence-electron chi connectivity index (χ3n) is 6.31. The van der Waals surface area contributed by atoms with E-state index in [1.807, 2.05) is 0 Å². The first-order valence-corrected chi connectivity index (χ1v) is 9.57. The molecule has 0 aromatic rings. The van der Waals surface area contributed by atoms with Crippen LogP contribution in [0.3, 0.4) is 0 Å². The van der Waals surface area contributed by atoms with Gasteiger partial charge in [0.25, 0.3) is 0 Å². The van der Waals surface area contributed by atoms with E-state index in [1.54, 1.807) is 0 Å². The van der Waals surface area contributed by atoms with Gasteiger partial charge in [-0.1, -0.05) is 25.7 Å². The zero-order valence-electron chi connectivity index (χ0n) is 14.6. The average Bonchev–Trinajstić information content (AvgIpc) is 3.36. The van der Waals surface area contributed by atoms with Crippen molar-refractivity contribution in [2.24, 2.45) is 27.2 Å². The van der Waals surface area contributed by atoms with Gasteiger partial charge in [0.05, 0.1) is 12.1 Å². The Morgan fingerprint density at radius 2 is 1.13 bits per heavy atom. The number of hydrogen-bond acceptors (Lipinski definition) is 4. The summed E-state index contributed by atoms with van der Waals surface area (Å²) in [4.78, 5) is 9.88. The Morgan fingerprint density at radius 1 is 0.739 bits per heavy atom. The molecule has 2 aliphatic carbocycles. The molecule has 0 N–H and O–H groups in total. The zero-order valence-corrected chi connectivity index (χ0v) is 14.6. The minimum absolute atomic E-state index is 0.319. The highest BCUT2D eigenvalue weighted by Crippen LogP contribution is 2.37. The first-order chi connectivity index (χ1) is 11.1. The Morgan fingerprint density at radius 3 is 1.52 bits per heavy atom. The van der Waals surface area contributed by atoms with Crippen LogP contribution in [0.15, 0.2) is 9.98 Å². The summed E-state index contributed by atoms with van der Waals surface area (Å²) in [7, 11) is 0. The van der Waals surface area contributed by atoms with Crippen molar-refractivity contribution < 1.29 is 9.47 Å². The van der Waals surface area contributed by atoms with E-state index in [2.05, 4.69) is 13.8 Å². The van der Waals surface area contributed by atoms with Gasteiger partial charge in [-0.15, -0.1) is 0 Å². The summed E-state index contributed by atoms with van der Waals surface area (Å²) in [5, 5.41) is 0. The van der Waals surface area contributed by atoms with Crippen LogP contribution in [0.1, 0.15) is 65.2 Å². The number of nitrogens with zero attached hydrogens (tertiary/aromatic N) is 2. The van der Waals surface area contributed by atoms with Gasteiger partial charge < -0.3 is 9.47 Å². The normalized spacial score (nSPS) is 32.8. The number of aliphatic imine (C=N–C) groups is 2. The van der Waals surface area contributed by atoms with Crippen LogP contribution >= 0.6 is 0 Å². The highest BCUT2D eigenvalue weighted by molar-refractivity contribution is 6.05.